The lowest BCUT2D eigenvalue weighted by molar-refractivity contribution is 0.0136. The van der Waals surface area contributed by atoms with Gasteiger partial charge in [0.25, 0.3) is 5.91 Å². The lowest BCUT2D eigenvalue weighted by Gasteiger charge is -2.31. The number of rotatable bonds is 4. The maximum atomic E-state index is 12.1. The number of aromatic carboxylic acids is 1. The van der Waals surface area contributed by atoms with Gasteiger partial charge in [-0.3, -0.25) is 4.79 Å². The number of carbonyl (C=O) groups is 2. The van der Waals surface area contributed by atoms with Crippen molar-refractivity contribution in [1.29, 1.82) is 0 Å². The Kier molecular flexibility index (Phi) is 4.21. The number of amides is 1. The number of nitrogens with zero attached hydrogens (tertiary/aromatic N) is 1. The average Bonchev–Trinajstić information content (AvgIpc) is 2.89. The third-order valence-electron chi connectivity index (χ3n) is 3.16. The number of ether oxygens (including phenoxy) is 1. The Morgan fingerprint density at radius 3 is 2.53 bits per heavy atom. The summed E-state index contributed by atoms with van der Waals surface area (Å²) in [5, 5.41) is 8.75. The van der Waals surface area contributed by atoms with Crippen LogP contribution < -0.4 is 0 Å². The highest BCUT2D eigenvalue weighted by molar-refractivity contribution is 5.93. The topological polar surface area (TPSA) is 80.0 Å². The van der Waals surface area contributed by atoms with Gasteiger partial charge in [-0.15, -0.1) is 0 Å². The number of hydrogen-bond acceptors (Lipinski definition) is 4. The highest BCUT2D eigenvalue weighted by atomic mass is 16.5. The van der Waals surface area contributed by atoms with Crippen LogP contribution in [0.5, 0.6) is 0 Å². The second-order valence-electron chi connectivity index (χ2n) is 4.42. The molecule has 1 aromatic rings. The maximum Gasteiger partial charge on any atom is 0.371 e. The summed E-state index contributed by atoms with van der Waals surface area (Å²) in [6.45, 7) is 3.84. The van der Waals surface area contributed by atoms with Crippen LogP contribution in [0.1, 0.15) is 40.9 Å². The van der Waals surface area contributed by atoms with E-state index in [-0.39, 0.29) is 23.5 Å². The molecular weight excluding hydrogens is 250 g/mol. The summed E-state index contributed by atoms with van der Waals surface area (Å²) < 4.78 is 10.5. The molecular formula is C13H17NO5. The van der Waals surface area contributed by atoms with Crippen LogP contribution in [0.2, 0.25) is 0 Å². The van der Waals surface area contributed by atoms with E-state index >= 15 is 0 Å². The van der Waals surface area contributed by atoms with Gasteiger partial charge in [-0.2, -0.15) is 0 Å². The summed E-state index contributed by atoms with van der Waals surface area (Å²) in [5.41, 5.74) is 0. The van der Waals surface area contributed by atoms with E-state index in [0.29, 0.717) is 19.7 Å². The van der Waals surface area contributed by atoms with Crippen LogP contribution >= 0.6 is 0 Å². The van der Waals surface area contributed by atoms with E-state index in [4.69, 9.17) is 14.3 Å². The second-order valence-corrected chi connectivity index (χ2v) is 4.42. The van der Waals surface area contributed by atoms with E-state index in [1.807, 2.05) is 6.92 Å². The van der Waals surface area contributed by atoms with Gasteiger partial charge < -0.3 is 19.2 Å². The smallest absolute Gasteiger partial charge is 0.371 e. The highest BCUT2D eigenvalue weighted by Crippen LogP contribution is 2.17. The molecule has 1 fully saturated rings. The van der Waals surface area contributed by atoms with Crippen molar-refractivity contribution in [2.45, 2.75) is 25.9 Å². The Morgan fingerprint density at radius 1 is 1.37 bits per heavy atom. The van der Waals surface area contributed by atoms with Crippen LogP contribution in [-0.4, -0.2) is 47.7 Å². The van der Waals surface area contributed by atoms with Crippen molar-refractivity contribution in [3.8, 4) is 0 Å². The van der Waals surface area contributed by atoms with Gasteiger partial charge in [0, 0.05) is 19.7 Å². The van der Waals surface area contributed by atoms with Gasteiger partial charge >= 0.3 is 5.97 Å². The predicted octanol–water partition coefficient (Wildman–Crippen LogP) is 1.62. The first-order valence-corrected chi connectivity index (χ1v) is 6.35. The zero-order valence-electron chi connectivity index (χ0n) is 10.8. The molecule has 0 bridgehead atoms. The minimum atomic E-state index is -1.17. The molecule has 19 heavy (non-hydrogen) atoms. The first-order chi connectivity index (χ1) is 9.11. The van der Waals surface area contributed by atoms with Crippen molar-refractivity contribution in [3.63, 3.8) is 0 Å². The molecule has 0 spiro atoms. The molecule has 0 atom stereocenters. The molecule has 2 heterocycles. The van der Waals surface area contributed by atoms with E-state index in [0.717, 1.165) is 12.8 Å². The SMILES string of the molecule is CCOC1CCN(C(=O)c2ccc(C(=O)O)o2)CC1. The largest absolute Gasteiger partial charge is 0.475 e. The van der Waals surface area contributed by atoms with Crippen molar-refractivity contribution in [3.05, 3.63) is 23.7 Å². The van der Waals surface area contributed by atoms with Gasteiger partial charge in [0.1, 0.15) is 0 Å². The Morgan fingerprint density at radius 2 is 2.00 bits per heavy atom. The van der Waals surface area contributed by atoms with Crippen molar-refractivity contribution in [1.82, 2.24) is 4.90 Å². The van der Waals surface area contributed by atoms with Gasteiger partial charge in [0.15, 0.2) is 5.76 Å². The average molecular weight is 267 g/mol. The van der Waals surface area contributed by atoms with E-state index in [1.165, 1.54) is 12.1 Å². The number of carboxylic acids is 1. The zero-order chi connectivity index (χ0) is 13.8. The van der Waals surface area contributed by atoms with E-state index < -0.39 is 5.97 Å². The van der Waals surface area contributed by atoms with Crippen LogP contribution in [0.3, 0.4) is 0 Å². The molecule has 6 nitrogen and oxygen atoms in total. The van der Waals surface area contributed by atoms with Crippen molar-refractivity contribution < 1.29 is 23.8 Å². The van der Waals surface area contributed by atoms with Gasteiger partial charge in [0.2, 0.25) is 5.76 Å². The minimum Gasteiger partial charge on any atom is -0.475 e. The van der Waals surface area contributed by atoms with Gasteiger partial charge in [0.05, 0.1) is 6.10 Å². The molecule has 1 N–H and O–H groups in total. The normalized spacial score (nSPS) is 16.6. The molecule has 104 valence electrons. The molecule has 1 aliphatic rings. The lowest BCUT2D eigenvalue weighted by Crippen LogP contribution is -2.40. The summed E-state index contributed by atoms with van der Waals surface area (Å²) in [6, 6.07) is 2.70. The van der Waals surface area contributed by atoms with Crippen LogP contribution in [0.4, 0.5) is 0 Å². The monoisotopic (exact) mass is 267 g/mol. The number of furan rings is 1. The third kappa shape index (κ3) is 3.14. The molecule has 1 aromatic heterocycles. The number of carboxylic acid groups (broad SMARTS) is 1. The molecule has 0 aliphatic carbocycles. The van der Waals surface area contributed by atoms with Gasteiger partial charge in [-0.05, 0) is 31.9 Å². The van der Waals surface area contributed by atoms with E-state index in [9.17, 15) is 9.59 Å². The fourth-order valence-electron chi connectivity index (χ4n) is 2.18. The second kappa shape index (κ2) is 5.88. The van der Waals surface area contributed by atoms with E-state index in [1.54, 1.807) is 4.90 Å². The van der Waals surface area contributed by atoms with Gasteiger partial charge in [-0.1, -0.05) is 0 Å². The van der Waals surface area contributed by atoms with E-state index in [2.05, 4.69) is 0 Å². The Hall–Kier alpha value is -1.82. The first-order valence-electron chi connectivity index (χ1n) is 6.35. The van der Waals surface area contributed by atoms with Crippen molar-refractivity contribution in [2.24, 2.45) is 0 Å². The molecule has 0 unspecified atom stereocenters. The molecule has 0 aromatic carbocycles. The predicted molar refractivity (Wildman–Crippen MR) is 66.2 cm³/mol. The Bertz CT molecular complexity index is 459. The number of piperidine rings is 1. The number of hydrogen-bond donors (Lipinski definition) is 1. The molecule has 1 aliphatic heterocycles. The Labute approximate surface area is 110 Å². The molecule has 6 heteroatoms. The Balaban J connectivity index is 1.95. The van der Waals surface area contributed by atoms with Crippen LogP contribution in [-0.2, 0) is 4.74 Å². The standard InChI is InChI=1S/C13H17NO5/c1-2-18-9-5-7-14(8-6-9)12(15)10-3-4-11(19-10)13(16)17/h3-4,9H,2,5-8H2,1H3,(H,16,17). The molecule has 1 amide bonds. The zero-order valence-corrected chi connectivity index (χ0v) is 10.8. The molecule has 2 rings (SSSR count). The molecule has 0 radical (unpaired) electrons. The van der Waals surface area contributed by atoms with Crippen molar-refractivity contribution in [2.75, 3.05) is 19.7 Å². The van der Waals surface area contributed by atoms with Gasteiger partial charge in [-0.25, -0.2) is 4.79 Å². The summed E-state index contributed by atoms with van der Waals surface area (Å²) in [6.07, 6.45) is 1.80. The summed E-state index contributed by atoms with van der Waals surface area (Å²) >= 11 is 0. The number of likely N-dealkylation sites (tertiary alicyclic amines) is 1. The van der Waals surface area contributed by atoms with Crippen LogP contribution in [0.25, 0.3) is 0 Å². The fraction of sp³-hybridized carbons (Fsp3) is 0.538. The summed E-state index contributed by atoms with van der Waals surface area (Å²) in [4.78, 5) is 24.5. The van der Waals surface area contributed by atoms with Crippen molar-refractivity contribution >= 4 is 11.9 Å². The summed E-state index contributed by atoms with van der Waals surface area (Å²) in [5.74, 6) is -1.57. The third-order valence-corrected chi connectivity index (χ3v) is 3.16. The van der Waals surface area contributed by atoms with Crippen LogP contribution in [0.15, 0.2) is 16.5 Å². The van der Waals surface area contributed by atoms with Crippen LogP contribution in [0, 0.1) is 0 Å². The highest BCUT2D eigenvalue weighted by Gasteiger charge is 2.26. The number of carbonyl (C=O) groups excluding carboxylic acids is 1. The maximum absolute atomic E-state index is 12.1. The summed E-state index contributed by atoms with van der Waals surface area (Å²) in [7, 11) is 0. The first kappa shape index (κ1) is 13.6. The minimum absolute atomic E-state index is 0.0762. The quantitative estimate of drug-likeness (QED) is 0.896. The molecule has 0 saturated carbocycles. The fourth-order valence-corrected chi connectivity index (χ4v) is 2.18. The molecule has 1 saturated heterocycles. The lowest BCUT2D eigenvalue weighted by atomic mass is 10.1.